The first-order chi connectivity index (χ1) is 12.5. The highest BCUT2D eigenvalue weighted by atomic mass is 32.2. The molecule has 0 aliphatic heterocycles. The van der Waals surface area contributed by atoms with Crippen LogP contribution in [0.25, 0.3) is 0 Å². The Bertz CT molecular complexity index is 871. The van der Waals surface area contributed by atoms with Crippen LogP contribution >= 0.6 is 11.8 Å². The fourth-order valence-corrected chi connectivity index (χ4v) is 2.82. The zero-order valence-corrected chi connectivity index (χ0v) is 15.1. The number of thioether (sulfide) groups is 1. The summed E-state index contributed by atoms with van der Waals surface area (Å²) in [5.74, 6) is -1.60. The van der Waals surface area contributed by atoms with E-state index < -0.39 is 28.1 Å². The zero-order chi connectivity index (χ0) is 20.4. The van der Waals surface area contributed by atoms with Crippen LogP contribution < -0.4 is 10.1 Å². The van der Waals surface area contributed by atoms with Gasteiger partial charge in [0.25, 0.3) is 5.69 Å². The molecule has 0 saturated carbocycles. The molecule has 0 spiro atoms. The van der Waals surface area contributed by atoms with Crippen molar-refractivity contribution in [3.05, 3.63) is 34.1 Å². The topological polar surface area (TPSA) is 112 Å². The van der Waals surface area contributed by atoms with Gasteiger partial charge in [-0.05, 0) is 19.1 Å². The molecule has 0 bridgehead atoms. The lowest BCUT2D eigenvalue weighted by Gasteiger charge is -2.12. The monoisotopic (exact) mass is 405 g/mol. The lowest BCUT2D eigenvalue weighted by molar-refractivity contribution is -0.384. The summed E-state index contributed by atoms with van der Waals surface area (Å²) < 4.78 is 43.9. The fraction of sp³-hybridized carbons (Fsp3) is 0.357. The van der Waals surface area contributed by atoms with Crippen LogP contribution in [0.5, 0.6) is 5.75 Å². The van der Waals surface area contributed by atoms with Gasteiger partial charge in [-0.25, -0.2) is 0 Å². The van der Waals surface area contributed by atoms with E-state index in [9.17, 15) is 28.1 Å². The molecule has 1 N–H and O–H groups in total. The summed E-state index contributed by atoms with van der Waals surface area (Å²) in [6, 6.07) is 3.88. The molecule has 0 aliphatic carbocycles. The summed E-state index contributed by atoms with van der Waals surface area (Å²) in [7, 11) is 2.47. The van der Waals surface area contributed by atoms with E-state index in [2.05, 4.69) is 15.5 Å². The first kappa shape index (κ1) is 20.5. The van der Waals surface area contributed by atoms with Crippen molar-refractivity contribution in [2.45, 2.75) is 23.5 Å². The summed E-state index contributed by atoms with van der Waals surface area (Å²) in [5, 5.41) is 19.0. The number of anilines is 1. The molecule has 13 heteroatoms. The summed E-state index contributed by atoms with van der Waals surface area (Å²) in [6.07, 6.45) is -4.67. The molecule has 27 heavy (non-hydrogen) atoms. The van der Waals surface area contributed by atoms with Crippen LogP contribution in [0.3, 0.4) is 0 Å². The van der Waals surface area contributed by atoms with Crippen LogP contribution in [0.1, 0.15) is 12.7 Å². The van der Waals surface area contributed by atoms with Gasteiger partial charge in [0.15, 0.2) is 5.16 Å². The van der Waals surface area contributed by atoms with Crippen molar-refractivity contribution in [2.75, 3.05) is 12.4 Å². The maximum absolute atomic E-state index is 12.7. The molecule has 0 aliphatic rings. The number of nitrogens with one attached hydrogen (secondary N) is 1. The third kappa shape index (κ3) is 4.67. The SMILES string of the molecule is COc1ccc(NC(=O)[C@@H](C)Sc2nnc(C(F)(F)F)n2C)c([N+](=O)[O-])c1. The maximum Gasteiger partial charge on any atom is 0.451 e. The van der Waals surface area contributed by atoms with E-state index in [0.717, 1.165) is 29.4 Å². The van der Waals surface area contributed by atoms with Crippen LogP contribution in [0, 0.1) is 10.1 Å². The van der Waals surface area contributed by atoms with Crippen LogP contribution in [0.4, 0.5) is 24.5 Å². The highest BCUT2D eigenvalue weighted by Gasteiger charge is 2.38. The molecule has 0 unspecified atom stereocenters. The average molecular weight is 405 g/mol. The molecular weight excluding hydrogens is 391 g/mol. The number of hydrogen-bond donors (Lipinski definition) is 1. The average Bonchev–Trinajstić information content (AvgIpc) is 2.95. The van der Waals surface area contributed by atoms with Crippen LogP contribution in [0.15, 0.2) is 23.4 Å². The first-order valence-corrected chi connectivity index (χ1v) is 8.19. The minimum atomic E-state index is -4.67. The van der Waals surface area contributed by atoms with Gasteiger partial charge in [0, 0.05) is 7.05 Å². The second-order valence-electron chi connectivity index (χ2n) is 5.25. The standard InChI is InChI=1S/C14H14F3N5O4S/c1-7(27-13-20-19-12(21(13)2)14(15,16)17)11(23)18-9-5-4-8(26-3)6-10(9)22(24)25/h4-7H,1-3H3,(H,18,23)/t7-/m1/s1. The Hall–Kier alpha value is -2.83. The van der Waals surface area contributed by atoms with Crippen molar-refractivity contribution in [1.29, 1.82) is 0 Å². The van der Waals surface area contributed by atoms with Crippen LogP contribution in [0.2, 0.25) is 0 Å². The molecule has 146 valence electrons. The molecule has 2 rings (SSSR count). The van der Waals surface area contributed by atoms with Crippen LogP contribution in [-0.4, -0.2) is 38.0 Å². The highest BCUT2D eigenvalue weighted by Crippen LogP contribution is 2.32. The number of nitro groups is 1. The van der Waals surface area contributed by atoms with E-state index in [1.807, 2.05) is 0 Å². The normalized spacial score (nSPS) is 12.5. The Morgan fingerprint density at radius 2 is 2.07 bits per heavy atom. The molecular formula is C14H14F3N5O4S. The van der Waals surface area contributed by atoms with Gasteiger partial charge in [-0.3, -0.25) is 14.9 Å². The Labute approximate surface area is 155 Å². The van der Waals surface area contributed by atoms with E-state index in [1.54, 1.807) is 0 Å². The lowest BCUT2D eigenvalue weighted by Crippen LogP contribution is -2.23. The predicted molar refractivity (Wildman–Crippen MR) is 89.6 cm³/mol. The number of halogens is 3. The maximum atomic E-state index is 12.7. The van der Waals surface area contributed by atoms with E-state index in [1.165, 1.54) is 26.2 Å². The zero-order valence-electron chi connectivity index (χ0n) is 14.3. The molecule has 1 aromatic heterocycles. The smallest absolute Gasteiger partial charge is 0.451 e. The van der Waals surface area contributed by atoms with E-state index in [0.29, 0.717) is 0 Å². The van der Waals surface area contributed by atoms with Crippen molar-refractivity contribution < 1.29 is 27.6 Å². The quantitative estimate of drug-likeness (QED) is 0.447. The molecule has 1 atom stereocenters. The number of carbonyl (C=O) groups excluding carboxylic acids is 1. The van der Waals surface area contributed by atoms with Gasteiger partial charge in [0.05, 0.1) is 23.3 Å². The van der Waals surface area contributed by atoms with Crippen LogP contribution in [-0.2, 0) is 18.0 Å². The first-order valence-electron chi connectivity index (χ1n) is 7.31. The molecule has 1 aromatic carbocycles. The van der Waals surface area contributed by atoms with E-state index >= 15 is 0 Å². The number of nitrogens with zero attached hydrogens (tertiary/aromatic N) is 4. The molecule has 0 saturated heterocycles. The lowest BCUT2D eigenvalue weighted by atomic mass is 10.2. The number of amides is 1. The van der Waals surface area contributed by atoms with Crippen molar-refractivity contribution in [3.8, 4) is 5.75 Å². The molecule has 0 radical (unpaired) electrons. The minimum absolute atomic E-state index is 0.0628. The third-order valence-corrected chi connectivity index (χ3v) is 4.53. The highest BCUT2D eigenvalue weighted by molar-refractivity contribution is 8.00. The number of nitro benzene ring substituents is 1. The number of aromatic nitrogens is 3. The Balaban J connectivity index is 2.15. The fourth-order valence-electron chi connectivity index (χ4n) is 2.01. The van der Waals surface area contributed by atoms with Crippen molar-refractivity contribution >= 4 is 29.0 Å². The van der Waals surface area contributed by atoms with E-state index in [4.69, 9.17) is 4.74 Å². The number of hydrogen-bond acceptors (Lipinski definition) is 7. The number of methoxy groups -OCH3 is 1. The van der Waals surface area contributed by atoms with Gasteiger partial charge in [-0.2, -0.15) is 13.2 Å². The number of carbonyl (C=O) groups is 1. The van der Waals surface area contributed by atoms with Gasteiger partial charge in [-0.15, -0.1) is 10.2 Å². The van der Waals surface area contributed by atoms with Crippen molar-refractivity contribution in [1.82, 2.24) is 14.8 Å². The molecule has 0 fully saturated rings. The summed E-state index contributed by atoms with van der Waals surface area (Å²) >= 11 is 0.739. The summed E-state index contributed by atoms with van der Waals surface area (Å²) in [4.78, 5) is 22.7. The summed E-state index contributed by atoms with van der Waals surface area (Å²) in [5.41, 5.74) is -0.440. The molecule has 9 nitrogen and oxygen atoms in total. The van der Waals surface area contributed by atoms with Crippen molar-refractivity contribution in [3.63, 3.8) is 0 Å². The molecule has 1 amide bonds. The summed E-state index contributed by atoms with van der Waals surface area (Å²) in [6.45, 7) is 1.43. The van der Waals surface area contributed by atoms with Gasteiger partial charge in [-0.1, -0.05) is 11.8 Å². The number of alkyl halides is 3. The second-order valence-corrected chi connectivity index (χ2v) is 6.56. The predicted octanol–water partition coefficient (Wildman–Crippen LogP) is 2.87. The van der Waals surface area contributed by atoms with Gasteiger partial charge >= 0.3 is 6.18 Å². The van der Waals surface area contributed by atoms with Gasteiger partial charge < -0.3 is 14.6 Å². The van der Waals surface area contributed by atoms with Crippen molar-refractivity contribution in [2.24, 2.45) is 7.05 Å². The van der Waals surface area contributed by atoms with Gasteiger partial charge in [0.2, 0.25) is 11.7 Å². The second kappa shape index (κ2) is 7.82. The largest absolute Gasteiger partial charge is 0.496 e. The Morgan fingerprint density at radius 1 is 1.41 bits per heavy atom. The number of benzene rings is 1. The Morgan fingerprint density at radius 3 is 2.59 bits per heavy atom. The molecule has 2 aromatic rings. The van der Waals surface area contributed by atoms with Gasteiger partial charge in [0.1, 0.15) is 11.4 Å². The number of ether oxygens (including phenoxy) is 1. The molecule has 1 heterocycles. The van der Waals surface area contributed by atoms with E-state index in [-0.39, 0.29) is 22.3 Å². The Kier molecular flexibility index (Phi) is 5.93. The minimum Gasteiger partial charge on any atom is -0.496 e. The number of rotatable bonds is 6. The third-order valence-electron chi connectivity index (χ3n) is 3.40.